The average Bonchev–Trinajstić information content (AvgIpc) is 2.99. The highest BCUT2D eigenvalue weighted by Crippen LogP contribution is 2.22. The number of rotatable bonds is 5. The Bertz CT molecular complexity index is 604. The zero-order valence-corrected chi connectivity index (χ0v) is 13.1. The molecule has 1 aromatic heterocycles. The van der Waals surface area contributed by atoms with Crippen LogP contribution in [0.5, 0.6) is 0 Å². The van der Waals surface area contributed by atoms with Gasteiger partial charge in [0.25, 0.3) is 5.91 Å². The van der Waals surface area contributed by atoms with E-state index >= 15 is 0 Å². The molecule has 0 unspecified atom stereocenters. The Morgan fingerprint density at radius 1 is 1.41 bits per heavy atom. The van der Waals surface area contributed by atoms with Crippen molar-refractivity contribution in [1.82, 2.24) is 10.3 Å². The van der Waals surface area contributed by atoms with Gasteiger partial charge in [-0.3, -0.25) is 4.79 Å². The molecule has 1 fully saturated rings. The first kappa shape index (κ1) is 15.4. The van der Waals surface area contributed by atoms with Gasteiger partial charge >= 0.3 is 0 Å². The number of nitrogens with zero attached hydrogens (tertiary/aromatic N) is 1. The molecule has 2 aromatic rings. The normalized spacial score (nSPS) is 17.5. The van der Waals surface area contributed by atoms with Crippen LogP contribution in [0.2, 0.25) is 0 Å². The molecule has 1 aliphatic rings. The van der Waals surface area contributed by atoms with Crippen molar-refractivity contribution in [3.05, 3.63) is 29.3 Å². The van der Waals surface area contributed by atoms with Gasteiger partial charge < -0.3 is 15.2 Å². The molecule has 1 aromatic carbocycles. The van der Waals surface area contributed by atoms with Crippen molar-refractivity contribution in [2.24, 2.45) is 5.92 Å². The lowest BCUT2D eigenvalue weighted by Crippen LogP contribution is -2.32. The summed E-state index contributed by atoms with van der Waals surface area (Å²) in [6.45, 7) is 1.91. The summed E-state index contributed by atoms with van der Waals surface area (Å²) in [5.41, 5.74) is 0.847. The number of hydrogen-bond acceptors (Lipinski definition) is 5. The van der Waals surface area contributed by atoms with Gasteiger partial charge in [-0.25, -0.2) is 4.98 Å². The Morgan fingerprint density at radius 2 is 2.18 bits per heavy atom. The van der Waals surface area contributed by atoms with Gasteiger partial charge in [0.15, 0.2) is 5.01 Å². The Hall–Kier alpha value is -1.50. The van der Waals surface area contributed by atoms with E-state index in [0.29, 0.717) is 18.0 Å². The van der Waals surface area contributed by atoms with Crippen LogP contribution in [0.15, 0.2) is 24.3 Å². The van der Waals surface area contributed by atoms with Crippen LogP contribution in [0.1, 0.15) is 29.1 Å². The second-order valence-electron chi connectivity index (χ2n) is 5.55. The molecule has 1 aliphatic heterocycles. The van der Waals surface area contributed by atoms with Gasteiger partial charge in [-0.15, -0.1) is 11.3 Å². The molecule has 3 rings (SSSR count). The highest BCUT2D eigenvalue weighted by molar-refractivity contribution is 7.20. The van der Waals surface area contributed by atoms with E-state index in [4.69, 9.17) is 4.74 Å². The molecule has 2 heterocycles. The van der Waals surface area contributed by atoms with Gasteiger partial charge in [-0.05, 0) is 37.3 Å². The van der Waals surface area contributed by atoms with E-state index in [9.17, 15) is 9.90 Å². The summed E-state index contributed by atoms with van der Waals surface area (Å²) in [5, 5.41) is 13.5. The Kier molecular flexibility index (Phi) is 5.02. The van der Waals surface area contributed by atoms with E-state index in [1.165, 1.54) is 11.3 Å². The number of thiazole rings is 1. The van der Waals surface area contributed by atoms with Gasteiger partial charge in [0, 0.05) is 19.8 Å². The van der Waals surface area contributed by atoms with Crippen LogP contribution in [0.25, 0.3) is 10.2 Å². The molecule has 1 saturated heterocycles. The smallest absolute Gasteiger partial charge is 0.280 e. The number of nitrogens with one attached hydrogen (secondary N) is 1. The molecule has 22 heavy (non-hydrogen) atoms. The monoisotopic (exact) mass is 320 g/mol. The van der Waals surface area contributed by atoms with Gasteiger partial charge in [0.05, 0.1) is 16.3 Å². The maximum absolute atomic E-state index is 12.1. The summed E-state index contributed by atoms with van der Waals surface area (Å²) >= 11 is 1.39. The van der Waals surface area contributed by atoms with Gasteiger partial charge in [-0.2, -0.15) is 0 Å². The maximum Gasteiger partial charge on any atom is 0.280 e. The fourth-order valence-electron chi connectivity index (χ4n) is 2.71. The Morgan fingerprint density at radius 3 is 2.95 bits per heavy atom. The number of fused-ring (bicyclic) bond motifs is 1. The molecule has 6 heteroatoms. The van der Waals surface area contributed by atoms with Crippen LogP contribution in [-0.2, 0) is 4.74 Å². The highest BCUT2D eigenvalue weighted by atomic mass is 32.1. The van der Waals surface area contributed by atoms with Crippen molar-refractivity contribution in [2.45, 2.75) is 25.4 Å². The SMILES string of the molecule is O=C(NCC[C@@H](O)C1CCOCC1)c1nc2ccccc2s1. The van der Waals surface area contributed by atoms with Crippen LogP contribution < -0.4 is 5.32 Å². The van der Waals surface area contributed by atoms with Crippen molar-refractivity contribution in [2.75, 3.05) is 19.8 Å². The van der Waals surface area contributed by atoms with Gasteiger partial charge in [0.1, 0.15) is 0 Å². The predicted molar refractivity (Wildman–Crippen MR) is 86.1 cm³/mol. The number of aromatic nitrogens is 1. The average molecular weight is 320 g/mol. The standard InChI is InChI=1S/C16H20N2O3S/c19-13(11-6-9-21-10-7-11)5-8-17-15(20)16-18-12-3-1-2-4-14(12)22-16/h1-4,11,13,19H,5-10H2,(H,17,20)/t13-/m1/s1. The molecule has 5 nitrogen and oxygen atoms in total. The highest BCUT2D eigenvalue weighted by Gasteiger charge is 2.22. The lowest BCUT2D eigenvalue weighted by atomic mass is 9.92. The quantitative estimate of drug-likeness (QED) is 0.886. The van der Waals surface area contributed by atoms with E-state index in [1.54, 1.807) is 0 Å². The number of aliphatic hydroxyl groups excluding tert-OH is 1. The fraction of sp³-hybridized carbons (Fsp3) is 0.500. The first-order valence-corrected chi connectivity index (χ1v) is 8.45. The van der Waals surface area contributed by atoms with Crippen LogP contribution in [0, 0.1) is 5.92 Å². The van der Waals surface area contributed by atoms with Gasteiger partial charge in [0.2, 0.25) is 0 Å². The maximum atomic E-state index is 12.1. The Labute approximate surface area is 133 Å². The first-order chi connectivity index (χ1) is 10.7. The summed E-state index contributed by atoms with van der Waals surface area (Å²) in [5.74, 6) is 0.119. The van der Waals surface area contributed by atoms with Crippen LogP contribution in [0.4, 0.5) is 0 Å². The second kappa shape index (κ2) is 7.17. The topological polar surface area (TPSA) is 71.5 Å². The van der Waals surface area contributed by atoms with E-state index in [0.717, 1.165) is 36.3 Å². The lowest BCUT2D eigenvalue weighted by Gasteiger charge is -2.26. The van der Waals surface area contributed by atoms with E-state index < -0.39 is 0 Å². The van der Waals surface area contributed by atoms with Crippen molar-refractivity contribution in [3.63, 3.8) is 0 Å². The lowest BCUT2D eigenvalue weighted by molar-refractivity contribution is 0.00528. The van der Waals surface area contributed by atoms with Crippen molar-refractivity contribution in [3.8, 4) is 0 Å². The second-order valence-corrected chi connectivity index (χ2v) is 6.58. The number of carbonyl (C=O) groups is 1. The molecule has 2 N–H and O–H groups in total. The minimum atomic E-state index is -0.375. The zero-order valence-electron chi connectivity index (χ0n) is 12.3. The fourth-order valence-corrected chi connectivity index (χ4v) is 3.60. The molecule has 0 saturated carbocycles. The van der Waals surface area contributed by atoms with Gasteiger partial charge in [-0.1, -0.05) is 12.1 Å². The molecule has 0 bridgehead atoms. The number of carbonyl (C=O) groups excluding carboxylic acids is 1. The van der Waals surface area contributed by atoms with E-state index in [2.05, 4.69) is 10.3 Å². The summed E-state index contributed by atoms with van der Waals surface area (Å²) < 4.78 is 6.30. The molecule has 0 spiro atoms. The molecular formula is C16H20N2O3S. The summed E-state index contributed by atoms with van der Waals surface area (Å²) in [4.78, 5) is 16.4. The number of ether oxygens (including phenoxy) is 1. The number of hydrogen-bond donors (Lipinski definition) is 2. The predicted octanol–water partition coefficient (Wildman–Crippen LogP) is 2.20. The number of benzene rings is 1. The third kappa shape index (κ3) is 3.63. The minimum Gasteiger partial charge on any atom is -0.393 e. The summed E-state index contributed by atoms with van der Waals surface area (Å²) in [6, 6.07) is 7.70. The molecule has 1 atom stereocenters. The van der Waals surface area contributed by atoms with Crippen molar-refractivity contribution in [1.29, 1.82) is 0 Å². The molecule has 118 valence electrons. The van der Waals surface area contributed by atoms with Crippen molar-refractivity contribution < 1.29 is 14.6 Å². The van der Waals surface area contributed by atoms with Crippen molar-refractivity contribution >= 4 is 27.5 Å². The third-order valence-electron chi connectivity index (χ3n) is 4.02. The third-order valence-corrected chi connectivity index (χ3v) is 5.06. The zero-order chi connectivity index (χ0) is 15.4. The molecule has 1 amide bonds. The molecule has 0 radical (unpaired) electrons. The molecule has 0 aliphatic carbocycles. The Balaban J connectivity index is 1.49. The van der Waals surface area contributed by atoms with E-state index in [-0.39, 0.29) is 17.9 Å². The molecular weight excluding hydrogens is 300 g/mol. The van der Waals surface area contributed by atoms with Crippen LogP contribution >= 0.6 is 11.3 Å². The van der Waals surface area contributed by atoms with Crippen LogP contribution in [-0.4, -0.2) is 41.9 Å². The number of aliphatic hydroxyl groups is 1. The minimum absolute atomic E-state index is 0.166. The largest absolute Gasteiger partial charge is 0.393 e. The number of para-hydroxylation sites is 1. The van der Waals surface area contributed by atoms with Crippen LogP contribution in [0.3, 0.4) is 0 Å². The first-order valence-electron chi connectivity index (χ1n) is 7.63. The summed E-state index contributed by atoms with van der Waals surface area (Å²) in [7, 11) is 0. The summed E-state index contributed by atoms with van der Waals surface area (Å²) in [6.07, 6.45) is 1.99. The number of amides is 1. The van der Waals surface area contributed by atoms with E-state index in [1.807, 2.05) is 24.3 Å².